The summed E-state index contributed by atoms with van der Waals surface area (Å²) in [5, 5.41) is 3.52. The zero-order valence-electron chi connectivity index (χ0n) is 12.4. The average Bonchev–Trinajstić information content (AvgIpc) is 2.48. The van der Waals surface area contributed by atoms with E-state index in [9.17, 15) is 0 Å². The SMILES string of the molecule is CC(c1cnc2ccccc2n1)N1C[C@H](C)NC[C@H]1C. The van der Waals surface area contributed by atoms with Crippen molar-refractivity contribution in [3.8, 4) is 0 Å². The van der Waals surface area contributed by atoms with E-state index in [0.29, 0.717) is 18.1 Å². The van der Waals surface area contributed by atoms with Crippen LogP contribution in [-0.2, 0) is 0 Å². The lowest BCUT2D eigenvalue weighted by Gasteiger charge is -2.41. The highest BCUT2D eigenvalue weighted by Gasteiger charge is 2.28. The summed E-state index contributed by atoms with van der Waals surface area (Å²) < 4.78 is 0. The Morgan fingerprint density at radius 1 is 1.25 bits per heavy atom. The number of benzene rings is 1. The van der Waals surface area contributed by atoms with Gasteiger partial charge in [0.1, 0.15) is 0 Å². The third-order valence-electron chi connectivity index (χ3n) is 4.21. The predicted octanol–water partition coefficient (Wildman–Crippen LogP) is 2.37. The Balaban J connectivity index is 1.89. The molecule has 0 aliphatic carbocycles. The summed E-state index contributed by atoms with van der Waals surface area (Å²) >= 11 is 0. The maximum atomic E-state index is 4.79. The molecular weight excluding hydrogens is 248 g/mol. The van der Waals surface area contributed by atoms with Gasteiger partial charge < -0.3 is 5.32 Å². The van der Waals surface area contributed by atoms with Crippen molar-refractivity contribution in [3.05, 3.63) is 36.2 Å². The molecule has 1 aliphatic heterocycles. The van der Waals surface area contributed by atoms with E-state index in [1.54, 1.807) is 0 Å². The van der Waals surface area contributed by atoms with Crippen LogP contribution < -0.4 is 5.32 Å². The van der Waals surface area contributed by atoms with Gasteiger partial charge in [0.15, 0.2) is 0 Å². The van der Waals surface area contributed by atoms with Gasteiger partial charge in [-0.2, -0.15) is 0 Å². The van der Waals surface area contributed by atoms with Crippen LogP contribution in [0.1, 0.15) is 32.5 Å². The fourth-order valence-electron chi connectivity index (χ4n) is 2.93. The van der Waals surface area contributed by atoms with Crippen molar-refractivity contribution in [2.75, 3.05) is 13.1 Å². The molecule has 3 atom stereocenters. The summed E-state index contributed by atoms with van der Waals surface area (Å²) in [5.74, 6) is 0. The van der Waals surface area contributed by atoms with Crippen molar-refractivity contribution in [2.24, 2.45) is 0 Å². The number of aromatic nitrogens is 2. The molecule has 1 aromatic carbocycles. The summed E-state index contributed by atoms with van der Waals surface area (Å²) in [7, 11) is 0. The summed E-state index contributed by atoms with van der Waals surface area (Å²) in [5.41, 5.74) is 3.00. The van der Waals surface area contributed by atoms with Gasteiger partial charge in [-0.3, -0.25) is 9.88 Å². The van der Waals surface area contributed by atoms with Crippen molar-refractivity contribution < 1.29 is 0 Å². The minimum atomic E-state index is 0.298. The highest BCUT2D eigenvalue weighted by molar-refractivity contribution is 5.73. The Labute approximate surface area is 120 Å². The highest BCUT2D eigenvalue weighted by atomic mass is 15.3. The molecule has 1 aromatic heterocycles. The minimum Gasteiger partial charge on any atom is -0.311 e. The first-order valence-electron chi connectivity index (χ1n) is 7.36. The van der Waals surface area contributed by atoms with Gasteiger partial charge in [0, 0.05) is 25.2 Å². The topological polar surface area (TPSA) is 41.1 Å². The van der Waals surface area contributed by atoms with Crippen LogP contribution in [0.4, 0.5) is 0 Å². The lowest BCUT2D eigenvalue weighted by atomic mass is 10.1. The van der Waals surface area contributed by atoms with Crippen LogP contribution in [-0.4, -0.2) is 40.0 Å². The number of hydrogen-bond acceptors (Lipinski definition) is 4. The standard InChI is InChI=1S/C16H22N4/c1-11-10-20(12(2)8-17-11)13(3)16-9-18-14-6-4-5-7-15(14)19-16/h4-7,9,11-13,17H,8,10H2,1-3H3/t11-,12+,13?/m0/s1. The maximum Gasteiger partial charge on any atom is 0.0890 e. The number of nitrogens with zero attached hydrogens (tertiary/aromatic N) is 3. The third kappa shape index (κ3) is 2.53. The summed E-state index contributed by atoms with van der Waals surface area (Å²) in [6, 6.07) is 9.40. The van der Waals surface area contributed by atoms with Crippen LogP contribution in [0.15, 0.2) is 30.5 Å². The molecule has 0 bridgehead atoms. The Bertz CT molecular complexity index is 598. The first-order chi connectivity index (χ1) is 9.65. The predicted molar refractivity (Wildman–Crippen MR) is 81.6 cm³/mol. The van der Waals surface area contributed by atoms with Gasteiger partial charge in [0.2, 0.25) is 0 Å². The number of hydrogen-bond donors (Lipinski definition) is 1. The van der Waals surface area contributed by atoms with E-state index >= 15 is 0 Å². The molecule has 1 saturated heterocycles. The number of nitrogens with one attached hydrogen (secondary N) is 1. The molecule has 106 valence electrons. The van der Waals surface area contributed by atoms with Gasteiger partial charge >= 0.3 is 0 Å². The maximum absolute atomic E-state index is 4.79. The molecule has 0 saturated carbocycles. The van der Waals surface area contributed by atoms with Crippen LogP contribution >= 0.6 is 0 Å². The zero-order valence-corrected chi connectivity index (χ0v) is 12.4. The molecular formula is C16H22N4. The highest BCUT2D eigenvalue weighted by Crippen LogP contribution is 2.23. The third-order valence-corrected chi connectivity index (χ3v) is 4.21. The van der Waals surface area contributed by atoms with Crippen LogP contribution in [0, 0.1) is 0 Å². The fourth-order valence-corrected chi connectivity index (χ4v) is 2.93. The van der Waals surface area contributed by atoms with E-state index in [-0.39, 0.29) is 0 Å². The molecule has 3 rings (SSSR count). The lowest BCUT2D eigenvalue weighted by molar-refractivity contribution is 0.101. The second kappa shape index (κ2) is 5.46. The van der Waals surface area contributed by atoms with Gasteiger partial charge in [-0.25, -0.2) is 4.98 Å². The second-order valence-corrected chi connectivity index (χ2v) is 5.81. The smallest absolute Gasteiger partial charge is 0.0890 e. The molecule has 0 amide bonds. The van der Waals surface area contributed by atoms with E-state index < -0.39 is 0 Å². The Morgan fingerprint density at radius 2 is 2.00 bits per heavy atom. The van der Waals surface area contributed by atoms with Gasteiger partial charge in [-0.05, 0) is 32.9 Å². The van der Waals surface area contributed by atoms with E-state index in [1.807, 2.05) is 30.5 Å². The Kier molecular flexibility index (Phi) is 3.68. The van der Waals surface area contributed by atoms with Crippen molar-refractivity contribution >= 4 is 11.0 Å². The molecule has 4 heteroatoms. The van der Waals surface area contributed by atoms with E-state index in [0.717, 1.165) is 29.8 Å². The normalized spacial score (nSPS) is 25.8. The Hall–Kier alpha value is -1.52. The van der Waals surface area contributed by atoms with Crippen molar-refractivity contribution in [2.45, 2.75) is 38.9 Å². The average molecular weight is 270 g/mol. The van der Waals surface area contributed by atoms with Crippen LogP contribution in [0.2, 0.25) is 0 Å². The van der Waals surface area contributed by atoms with Gasteiger partial charge in [0.05, 0.1) is 29.0 Å². The largest absolute Gasteiger partial charge is 0.311 e. The van der Waals surface area contributed by atoms with Gasteiger partial charge in [-0.15, -0.1) is 0 Å². The fraction of sp³-hybridized carbons (Fsp3) is 0.500. The molecule has 2 aromatic rings. The van der Waals surface area contributed by atoms with Gasteiger partial charge in [-0.1, -0.05) is 12.1 Å². The van der Waals surface area contributed by atoms with E-state index in [4.69, 9.17) is 4.98 Å². The molecule has 1 aliphatic rings. The second-order valence-electron chi connectivity index (χ2n) is 5.81. The first-order valence-corrected chi connectivity index (χ1v) is 7.36. The molecule has 4 nitrogen and oxygen atoms in total. The van der Waals surface area contributed by atoms with Crippen molar-refractivity contribution in [3.63, 3.8) is 0 Å². The summed E-state index contributed by atoms with van der Waals surface area (Å²) in [6.07, 6.45) is 1.92. The molecule has 1 unspecified atom stereocenters. The zero-order chi connectivity index (χ0) is 14.1. The van der Waals surface area contributed by atoms with Crippen LogP contribution in [0.25, 0.3) is 11.0 Å². The number of rotatable bonds is 2. The van der Waals surface area contributed by atoms with E-state index in [2.05, 4.69) is 36.0 Å². The molecule has 1 N–H and O–H groups in total. The molecule has 0 radical (unpaired) electrons. The molecule has 1 fully saturated rings. The Morgan fingerprint density at radius 3 is 2.80 bits per heavy atom. The molecule has 0 spiro atoms. The number of fused-ring (bicyclic) bond motifs is 1. The van der Waals surface area contributed by atoms with Crippen molar-refractivity contribution in [1.82, 2.24) is 20.2 Å². The number of piperazine rings is 1. The summed E-state index contributed by atoms with van der Waals surface area (Å²) in [6.45, 7) is 8.82. The summed E-state index contributed by atoms with van der Waals surface area (Å²) in [4.78, 5) is 11.8. The molecule has 20 heavy (non-hydrogen) atoms. The van der Waals surface area contributed by atoms with Crippen molar-refractivity contribution in [1.29, 1.82) is 0 Å². The first kappa shape index (κ1) is 13.5. The van der Waals surface area contributed by atoms with Gasteiger partial charge in [0.25, 0.3) is 0 Å². The lowest BCUT2D eigenvalue weighted by Crippen LogP contribution is -2.54. The molecule has 2 heterocycles. The quantitative estimate of drug-likeness (QED) is 0.909. The van der Waals surface area contributed by atoms with Crippen LogP contribution in [0.5, 0.6) is 0 Å². The minimum absolute atomic E-state index is 0.298. The van der Waals surface area contributed by atoms with E-state index in [1.165, 1.54) is 0 Å². The van der Waals surface area contributed by atoms with Crippen LogP contribution in [0.3, 0.4) is 0 Å². The monoisotopic (exact) mass is 270 g/mol. The number of para-hydroxylation sites is 2.